The summed E-state index contributed by atoms with van der Waals surface area (Å²) in [5.74, 6) is 0. The SMILES string of the molecule is C[C@@H](NC(=O)Nc1cccc2ccccc12)c1cccs1. The third-order valence-electron chi connectivity index (χ3n) is 3.36. The number of benzene rings is 2. The van der Waals surface area contributed by atoms with E-state index in [-0.39, 0.29) is 12.1 Å². The van der Waals surface area contributed by atoms with Crippen LogP contribution >= 0.6 is 11.3 Å². The Hall–Kier alpha value is -2.33. The van der Waals surface area contributed by atoms with Crippen LogP contribution in [0.25, 0.3) is 10.8 Å². The van der Waals surface area contributed by atoms with E-state index in [4.69, 9.17) is 0 Å². The van der Waals surface area contributed by atoms with E-state index in [1.165, 1.54) is 0 Å². The van der Waals surface area contributed by atoms with E-state index in [1.54, 1.807) is 11.3 Å². The molecule has 21 heavy (non-hydrogen) atoms. The Morgan fingerprint density at radius 1 is 1.05 bits per heavy atom. The molecule has 1 heterocycles. The van der Waals surface area contributed by atoms with E-state index >= 15 is 0 Å². The summed E-state index contributed by atoms with van der Waals surface area (Å²) in [6.07, 6.45) is 0. The Balaban J connectivity index is 1.75. The summed E-state index contributed by atoms with van der Waals surface area (Å²) in [5.41, 5.74) is 0.823. The number of carbonyl (C=O) groups is 1. The van der Waals surface area contributed by atoms with Crippen molar-refractivity contribution in [3.8, 4) is 0 Å². The molecule has 2 N–H and O–H groups in total. The van der Waals surface area contributed by atoms with Crippen molar-refractivity contribution in [2.75, 3.05) is 5.32 Å². The van der Waals surface area contributed by atoms with Gasteiger partial charge in [0.15, 0.2) is 0 Å². The first-order valence-corrected chi connectivity index (χ1v) is 7.71. The second-order valence-electron chi connectivity index (χ2n) is 4.86. The summed E-state index contributed by atoms with van der Waals surface area (Å²) in [5, 5.41) is 10.1. The summed E-state index contributed by atoms with van der Waals surface area (Å²) in [6.45, 7) is 1.98. The fourth-order valence-electron chi connectivity index (χ4n) is 2.30. The lowest BCUT2D eigenvalue weighted by Gasteiger charge is -2.14. The number of amides is 2. The van der Waals surface area contributed by atoms with E-state index in [9.17, 15) is 4.79 Å². The van der Waals surface area contributed by atoms with Crippen LogP contribution in [0.5, 0.6) is 0 Å². The van der Waals surface area contributed by atoms with Crippen LogP contribution in [0.3, 0.4) is 0 Å². The van der Waals surface area contributed by atoms with Crippen LogP contribution in [0.15, 0.2) is 60.0 Å². The zero-order chi connectivity index (χ0) is 14.7. The van der Waals surface area contributed by atoms with E-state index in [0.717, 1.165) is 21.3 Å². The van der Waals surface area contributed by atoms with Gasteiger partial charge in [-0.25, -0.2) is 4.79 Å². The molecule has 2 amide bonds. The van der Waals surface area contributed by atoms with Gasteiger partial charge in [-0.05, 0) is 29.8 Å². The number of rotatable bonds is 3. The van der Waals surface area contributed by atoms with Gasteiger partial charge in [-0.15, -0.1) is 11.3 Å². The molecule has 0 radical (unpaired) electrons. The average Bonchev–Trinajstić information content (AvgIpc) is 3.02. The molecule has 2 aromatic carbocycles. The minimum atomic E-state index is -0.188. The van der Waals surface area contributed by atoms with Gasteiger partial charge in [0.05, 0.1) is 11.7 Å². The molecule has 3 aromatic rings. The van der Waals surface area contributed by atoms with Crippen LogP contribution in [-0.2, 0) is 0 Å². The molecule has 0 fully saturated rings. The highest BCUT2D eigenvalue weighted by Gasteiger charge is 2.11. The molecule has 0 aliphatic rings. The molecule has 3 rings (SSSR count). The first kappa shape index (κ1) is 13.6. The smallest absolute Gasteiger partial charge is 0.319 e. The number of carbonyl (C=O) groups excluding carboxylic acids is 1. The molecule has 4 heteroatoms. The zero-order valence-corrected chi connectivity index (χ0v) is 12.5. The molecule has 3 nitrogen and oxygen atoms in total. The van der Waals surface area contributed by atoms with Gasteiger partial charge in [0.25, 0.3) is 0 Å². The molecule has 0 spiro atoms. The second kappa shape index (κ2) is 5.97. The maximum atomic E-state index is 12.1. The molecule has 0 bridgehead atoms. The van der Waals surface area contributed by atoms with E-state index in [2.05, 4.69) is 10.6 Å². The Kier molecular flexibility index (Phi) is 3.88. The molecule has 0 unspecified atom stereocenters. The summed E-state index contributed by atoms with van der Waals surface area (Å²) in [4.78, 5) is 13.3. The molecule has 0 aliphatic carbocycles. The molecule has 0 saturated heterocycles. The lowest BCUT2D eigenvalue weighted by atomic mass is 10.1. The number of thiophene rings is 1. The summed E-state index contributed by atoms with van der Waals surface area (Å²) >= 11 is 1.64. The quantitative estimate of drug-likeness (QED) is 0.717. The summed E-state index contributed by atoms with van der Waals surface area (Å²) in [7, 11) is 0. The van der Waals surface area contributed by atoms with Crippen molar-refractivity contribution in [3.63, 3.8) is 0 Å². The molecule has 1 aromatic heterocycles. The zero-order valence-electron chi connectivity index (χ0n) is 11.7. The van der Waals surface area contributed by atoms with Crippen molar-refractivity contribution in [3.05, 3.63) is 64.9 Å². The van der Waals surface area contributed by atoms with Gasteiger partial charge in [0.2, 0.25) is 0 Å². The van der Waals surface area contributed by atoms with Crippen LogP contribution in [0, 0.1) is 0 Å². The van der Waals surface area contributed by atoms with Gasteiger partial charge >= 0.3 is 6.03 Å². The highest BCUT2D eigenvalue weighted by Crippen LogP contribution is 2.23. The number of hydrogen-bond acceptors (Lipinski definition) is 2. The molecular formula is C17H16N2OS. The van der Waals surface area contributed by atoms with Crippen LogP contribution in [0.4, 0.5) is 10.5 Å². The largest absolute Gasteiger partial charge is 0.331 e. The topological polar surface area (TPSA) is 41.1 Å². The first-order chi connectivity index (χ1) is 10.2. The Bertz CT molecular complexity index is 747. The Morgan fingerprint density at radius 2 is 1.86 bits per heavy atom. The lowest BCUT2D eigenvalue weighted by molar-refractivity contribution is 0.249. The normalized spacial score (nSPS) is 12.0. The Labute approximate surface area is 127 Å². The number of fused-ring (bicyclic) bond motifs is 1. The van der Waals surface area contributed by atoms with Crippen molar-refractivity contribution in [2.45, 2.75) is 13.0 Å². The van der Waals surface area contributed by atoms with Crippen molar-refractivity contribution in [2.24, 2.45) is 0 Å². The lowest BCUT2D eigenvalue weighted by Crippen LogP contribution is -2.30. The minimum Gasteiger partial charge on any atom is -0.331 e. The van der Waals surface area contributed by atoms with Crippen LogP contribution in [0.2, 0.25) is 0 Å². The summed E-state index contributed by atoms with van der Waals surface area (Å²) in [6, 6.07) is 17.7. The summed E-state index contributed by atoms with van der Waals surface area (Å²) < 4.78 is 0. The fourth-order valence-corrected chi connectivity index (χ4v) is 3.03. The van der Waals surface area contributed by atoms with Gasteiger partial charge in [-0.2, -0.15) is 0 Å². The standard InChI is InChI=1S/C17H16N2OS/c1-12(16-10-5-11-21-16)18-17(20)19-15-9-4-7-13-6-2-3-8-14(13)15/h2-12H,1H3,(H2,18,19,20)/t12-/m1/s1. The second-order valence-corrected chi connectivity index (χ2v) is 5.84. The van der Waals surface area contributed by atoms with Crippen LogP contribution < -0.4 is 10.6 Å². The third kappa shape index (κ3) is 3.06. The molecule has 0 saturated carbocycles. The Morgan fingerprint density at radius 3 is 2.67 bits per heavy atom. The molecule has 106 valence electrons. The van der Waals surface area contributed by atoms with Gasteiger partial charge in [0.1, 0.15) is 0 Å². The van der Waals surface area contributed by atoms with Crippen molar-refractivity contribution >= 4 is 33.8 Å². The van der Waals surface area contributed by atoms with Gasteiger partial charge in [-0.1, -0.05) is 42.5 Å². The van der Waals surface area contributed by atoms with Crippen LogP contribution in [-0.4, -0.2) is 6.03 Å². The predicted octanol–water partition coefficient (Wildman–Crippen LogP) is 4.78. The maximum Gasteiger partial charge on any atom is 0.319 e. The van der Waals surface area contributed by atoms with Gasteiger partial charge in [0, 0.05) is 10.3 Å². The van der Waals surface area contributed by atoms with E-state index in [0.29, 0.717) is 0 Å². The maximum absolute atomic E-state index is 12.1. The number of nitrogens with one attached hydrogen (secondary N) is 2. The molecule has 0 aliphatic heterocycles. The minimum absolute atomic E-state index is 0.0000218. The number of urea groups is 1. The molecular weight excluding hydrogens is 280 g/mol. The highest BCUT2D eigenvalue weighted by molar-refractivity contribution is 7.10. The highest BCUT2D eigenvalue weighted by atomic mass is 32.1. The van der Waals surface area contributed by atoms with Crippen LogP contribution in [0.1, 0.15) is 17.8 Å². The third-order valence-corrected chi connectivity index (χ3v) is 4.41. The number of hydrogen-bond donors (Lipinski definition) is 2. The molecule has 1 atom stereocenters. The van der Waals surface area contributed by atoms with Crippen molar-refractivity contribution in [1.29, 1.82) is 0 Å². The van der Waals surface area contributed by atoms with E-state index < -0.39 is 0 Å². The fraction of sp³-hybridized carbons (Fsp3) is 0.118. The average molecular weight is 296 g/mol. The van der Waals surface area contributed by atoms with Crippen molar-refractivity contribution in [1.82, 2.24) is 5.32 Å². The van der Waals surface area contributed by atoms with Gasteiger partial charge < -0.3 is 10.6 Å². The monoisotopic (exact) mass is 296 g/mol. The van der Waals surface area contributed by atoms with E-state index in [1.807, 2.05) is 66.9 Å². The number of anilines is 1. The van der Waals surface area contributed by atoms with Crippen molar-refractivity contribution < 1.29 is 4.79 Å². The predicted molar refractivity (Wildman–Crippen MR) is 88.8 cm³/mol. The first-order valence-electron chi connectivity index (χ1n) is 6.83. The van der Waals surface area contributed by atoms with Gasteiger partial charge in [-0.3, -0.25) is 0 Å².